The second-order valence-electron chi connectivity index (χ2n) is 6.33. The summed E-state index contributed by atoms with van der Waals surface area (Å²) in [5, 5.41) is 10.6. The van der Waals surface area contributed by atoms with Crippen molar-refractivity contribution in [1.82, 2.24) is 0 Å². The predicted octanol–water partition coefficient (Wildman–Crippen LogP) is 3.34. The number of carbonyl (C=O) groups is 1. The normalized spacial score (nSPS) is 17.6. The van der Waals surface area contributed by atoms with Gasteiger partial charge in [-0.1, -0.05) is 68.5 Å². The van der Waals surface area contributed by atoms with Gasteiger partial charge in [0, 0.05) is 25.0 Å². The Labute approximate surface area is 150 Å². The lowest BCUT2D eigenvalue weighted by Crippen LogP contribution is -2.33. The summed E-state index contributed by atoms with van der Waals surface area (Å²) in [6.45, 7) is 5.69. The van der Waals surface area contributed by atoms with Crippen molar-refractivity contribution < 1.29 is 14.6 Å². The number of hydrogen-bond donors (Lipinski definition) is 2. The monoisotopic (exact) mass is 343 g/mol. The van der Waals surface area contributed by atoms with Crippen LogP contribution in [0.5, 0.6) is 0 Å². The maximum Gasteiger partial charge on any atom is 0.241 e. The van der Waals surface area contributed by atoms with E-state index in [1.54, 1.807) is 20.1 Å². The van der Waals surface area contributed by atoms with Crippen molar-refractivity contribution in [3.05, 3.63) is 65.8 Å². The SMILES string of the molecule is COC(/C=C/c1ccccc1)C(C)[C@@H](O)C(C)/C=C/C(C)=C/C(N)=O. The highest BCUT2D eigenvalue weighted by molar-refractivity contribution is 5.86. The molecule has 4 atom stereocenters. The number of methoxy groups -OCH3 is 1. The molecule has 4 nitrogen and oxygen atoms in total. The fourth-order valence-electron chi connectivity index (χ4n) is 2.60. The van der Waals surface area contributed by atoms with Gasteiger partial charge in [0.05, 0.1) is 12.2 Å². The summed E-state index contributed by atoms with van der Waals surface area (Å²) >= 11 is 0. The van der Waals surface area contributed by atoms with Gasteiger partial charge in [-0.05, 0) is 18.1 Å². The van der Waals surface area contributed by atoms with Gasteiger partial charge < -0.3 is 15.6 Å². The van der Waals surface area contributed by atoms with Gasteiger partial charge in [-0.15, -0.1) is 0 Å². The van der Waals surface area contributed by atoms with Gasteiger partial charge in [-0.2, -0.15) is 0 Å². The van der Waals surface area contributed by atoms with E-state index in [0.29, 0.717) is 0 Å². The summed E-state index contributed by atoms with van der Waals surface area (Å²) < 4.78 is 5.54. The number of rotatable bonds is 9. The minimum absolute atomic E-state index is 0.0889. The highest BCUT2D eigenvalue weighted by atomic mass is 16.5. The Morgan fingerprint density at radius 3 is 2.40 bits per heavy atom. The molecule has 136 valence electrons. The average molecular weight is 343 g/mol. The van der Waals surface area contributed by atoms with Gasteiger partial charge in [0.25, 0.3) is 0 Å². The molecule has 0 spiro atoms. The Morgan fingerprint density at radius 2 is 1.84 bits per heavy atom. The Morgan fingerprint density at radius 1 is 1.20 bits per heavy atom. The molecule has 1 rings (SSSR count). The van der Waals surface area contributed by atoms with Crippen LogP contribution in [-0.2, 0) is 9.53 Å². The van der Waals surface area contributed by atoms with E-state index in [1.807, 2.05) is 62.4 Å². The van der Waals surface area contributed by atoms with Crippen LogP contribution in [0.3, 0.4) is 0 Å². The van der Waals surface area contributed by atoms with Crippen LogP contribution in [0.25, 0.3) is 6.08 Å². The Bertz CT molecular complexity index is 619. The van der Waals surface area contributed by atoms with Crippen LogP contribution in [0, 0.1) is 11.8 Å². The van der Waals surface area contributed by atoms with E-state index in [2.05, 4.69) is 0 Å². The zero-order valence-corrected chi connectivity index (χ0v) is 15.4. The summed E-state index contributed by atoms with van der Waals surface area (Å²) in [5.41, 5.74) is 6.97. The molecule has 4 heteroatoms. The van der Waals surface area contributed by atoms with Gasteiger partial charge in [-0.3, -0.25) is 4.79 Å². The van der Waals surface area contributed by atoms with Crippen molar-refractivity contribution >= 4 is 12.0 Å². The molecule has 0 aliphatic rings. The summed E-state index contributed by atoms with van der Waals surface area (Å²) in [7, 11) is 1.64. The minimum Gasteiger partial charge on any atom is -0.392 e. The van der Waals surface area contributed by atoms with Crippen LogP contribution in [0.2, 0.25) is 0 Å². The number of ether oxygens (including phenoxy) is 1. The maximum absolute atomic E-state index is 10.9. The molecule has 1 aromatic rings. The molecule has 0 aliphatic carbocycles. The number of amides is 1. The molecule has 0 radical (unpaired) electrons. The number of nitrogens with two attached hydrogens (primary N) is 1. The van der Waals surface area contributed by atoms with Crippen molar-refractivity contribution in [3.63, 3.8) is 0 Å². The number of hydrogen-bond acceptors (Lipinski definition) is 3. The minimum atomic E-state index is -0.581. The molecule has 0 saturated heterocycles. The number of carbonyl (C=O) groups excluding carboxylic acids is 1. The van der Waals surface area contributed by atoms with E-state index < -0.39 is 12.0 Å². The van der Waals surface area contributed by atoms with Gasteiger partial charge in [0.2, 0.25) is 5.91 Å². The third-order valence-electron chi connectivity index (χ3n) is 4.18. The molecule has 0 aliphatic heterocycles. The first kappa shape index (κ1) is 20.9. The molecule has 25 heavy (non-hydrogen) atoms. The van der Waals surface area contributed by atoms with E-state index in [0.717, 1.165) is 11.1 Å². The van der Waals surface area contributed by atoms with Crippen molar-refractivity contribution in [2.45, 2.75) is 33.0 Å². The lowest BCUT2D eigenvalue weighted by atomic mass is 9.88. The van der Waals surface area contributed by atoms with E-state index >= 15 is 0 Å². The predicted molar refractivity (Wildman–Crippen MR) is 103 cm³/mol. The van der Waals surface area contributed by atoms with Crippen molar-refractivity contribution in [3.8, 4) is 0 Å². The van der Waals surface area contributed by atoms with Crippen LogP contribution < -0.4 is 5.73 Å². The summed E-state index contributed by atoms with van der Waals surface area (Å²) in [6.07, 6.45) is 8.22. The van der Waals surface area contributed by atoms with Crippen LogP contribution in [0.4, 0.5) is 0 Å². The average Bonchev–Trinajstić information content (AvgIpc) is 2.59. The number of benzene rings is 1. The zero-order chi connectivity index (χ0) is 18.8. The Kier molecular flexibility index (Phi) is 8.89. The van der Waals surface area contributed by atoms with Crippen molar-refractivity contribution in [1.29, 1.82) is 0 Å². The van der Waals surface area contributed by atoms with Gasteiger partial charge in [-0.25, -0.2) is 0 Å². The highest BCUT2D eigenvalue weighted by Crippen LogP contribution is 2.21. The topological polar surface area (TPSA) is 72.6 Å². The lowest BCUT2D eigenvalue weighted by molar-refractivity contribution is -0.113. The number of aliphatic hydroxyl groups excluding tert-OH is 1. The summed E-state index contributed by atoms with van der Waals surface area (Å²) in [5.74, 6) is -0.659. The highest BCUT2D eigenvalue weighted by Gasteiger charge is 2.25. The van der Waals surface area contributed by atoms with Crippen molar-refractivity contribution in [2.24, 2.45) is 17.6 Å². The third-order valence-corrected chi connectivity index (χ3v) is 4.18. The number of aliphatic hydroxyl groups is 1. The first-order valence-corrected chi connectivity index (χ1v) is 8.45. The molecule has 0 saturated carbocycles. The quantitative estimate of drug-likeness (QED) is 0.533. The van der Waals surface area contributed by atoms with E-state index in [-0.39, 0.29) is 17.9 Å². The molecule has 0 fully saturated rings. The van der Waals surface area contributed by atoms with E-state index in [1.165, 1.54) is 6.08 Å². The number of primary amides is 1. The lowest BCUT2D eigenvalue weighted by Gasteiger charge is -2.27. The van der Waals surface area contributed by atoms with Gasteiger partial charge >= 0.3 is 0 Å². The molecule has 3 unspecified atom stereocenters. The van der Waals surface area contributed by atoms with E-state index in [9.17, 15) is 9.90 Å². The fraction of sp³-hybridized carbons (Fsp3) is 0.381. The zero-order valence-electron chi connectivity index (χ0n) is 15.4. The Hall–Kier alpha value is -2.17. The second kappa shape index (κ2) is 10.6. The molecule has 0 heterocycles. The molecular weight excluding hydrogens is 314 g/mol. The fourth-order valence-corrected chi connectivity index (χ4v) is 2.60. The summed E-state index contributed by atoms with van der Waals surface area (Å²) in [4.78, 5) is 10.9. The molecular formula is C21H29NO3. The van der Waals surface area contributed by atoms with Crippen molar-refractivity contribution in [2.75, 3.05) is 7.11 Å². The maximum atomic E-state index is 10.9. The Balaban J connectivity index is 2.74. The van der Waals surface area contributed by atoms with Crippen LogP contribution in [0.1, 0.15) is 26.3 Å². The standard InChI is InChI=1S/C21H29NO3/c1-15(14-20(22)23)10-11-16(2)21(24)17(3)19(25-4)13-12-18-8-6-5-7-9-18/h5-14,16-17,19,21,24H,1-4H3,(H2,22,23)/b11-10+,13-12+,15-14+/t16?,17?,19?,21-/m0/s1. The number of allylic oxidation sites excluding steroid dienone is 2. The van der Waals surface area contributed by atoms with Crippen LogP contribution in [-0.4, -0.2) is 30.3 Å². The third kappa shape index (κ3) is 7.50. The smallest absolute Gasteiger partial charge is 0.241 e. The molecule has 0 aromatic heterocycles. The second-order valence-corrected chi connectivity index (χ2v) is 6.33. The summed E-state index contributed by atoms with van der Waals surface area (Å²) in [6, 6.07) is 9.97. The van der Waals surface area contributed by atoms with Crippen LogP contribution in [0.15, 0.2) is 60.2 Å². The molecule has 3 N–H and O–H groups in total. The first-order valence-electron chi connectivity index (χ1n) is 8.45. The van der Waals surface area contributed by atoms with Crippen LogP contribution >= 0.6 is 0 Å². The van der Waals surface area contributed by atoms with Gasteiger partial charge in [0.1, 0.15) is 0 Å². The first-order chi connectivity index (χ1) is 11.8. The molecule has 0 bridgehead atoms. The molecule has 1 aromatic carbocycles. The molecule has 1 amide bonds. The van der Waals surface area contributed by atoms with E-state index in [4.69, 9.17) is 10.5 Å². The van der Waals surface area contributed by atoms with Gasteiger partial charge in [0.15, 0.2) is 0 Å². The largest absolute Gasteiger partial charge is 0.392 e.